The summed E-state index contributed by atoms with van der Waals surface area (Å²) in [5, 5.41) is 3.42. The maximum absolute atomic E-state index is 12.2. The molecule has 0 saturated carbocycles. The van der Waals surface area contributed by atoms with Crippen LogP contribution in [0.4, 0.5) is 5.13 Å². The molecule has 3 N–H and O–H groups in total. The summed E-state index contributed by atoms with van der Waals surface area (Å²) in [6.07, 6.45) is 3.51. The highest BCUT2D eigenvalue weighted by Gasteiger charge is 2.09. The van der Waals surface area contributed by atoms with Gasteiger partial charge in [0.25, 0.3) is 5.91 Å². The average Bonchev–Trinajstić information content (AvgIpc) is 2.85. The summed E-state index contributed by atoms with van der Waals surface area (Å²) in [6, 6.07) is 7.30. The van der Waals surface area contributed by atoms with E-state index < -0.39 is 0 Å². The van der Waals surface area contributed by atoms with Crippen LogP contribution < -0.4 is 11.1 Å². The van der Waals surface area contributed by atoms with Gasteiger partial charge in [-0.1, -0.05) is 11.3 Å². The second kappa shape index (κ2) is 5.49. The molecule has 1 amide bonds. The predicted molar refractivity (Wildman–Crippen MR) is 84.2 cm³/mol. The summed E-state index contributed by atoms with van der Waals surface area (Å²) in [5.74, 6) is -0.111. The molecule has 0 fully saturated rings. The van der Waals surface area contributed by atoms with Crippen molar-refractivity contribution in [1.29, 1.82) is 0 Å². The fraction of sp³-hybridized carbons (Fsp3) is 0.133. The van der Waals surface area contributed by atoms with Crippen molar-refractivity contribution in [3.8, 4) is 0 Å². The number of hydrogen-bond donors (Lipinski definition) is 2. The minimum absolute atomic E-state index is 0.111. The third-order valence-corrected chi connectivity index (χ3v) is 4.09. The van der Waals surface area contributed by atoms with E-state index in [1.807, 2.05) is 25.1 Å². The van der Waals surface area contributed by atoms with E-state index in [1.54, 1.807) is 18.5 Å². The molecule has 3 rings (SSSR count). The molecule has 0 spiro atoms. The zero-order valence-electron chi connectivity index (χ0n) is 11.5. The number of nitrogens with two attached hydrogens (primary N) is 1. The number of carbonyl (C=O) groups is 1. The Morgan fingerprint density at radius 2 is 2.24 bits per heavy atom. The summed E-state index contributed by atoms with van der Waals surface area (Å²) < 4.78 is 0.917. The molecule has 2 aromatic heterocycles. The topological polar surface area (TPSA) is 80.9 Å². The van der Waals surface area contributed by atoms with Crippen LogP contribution in [0, 0.1) is 6.92 Å². The summed E-state index contributed by atoms with van der Waals surface area (Å²) in [7, 11) is 0. The van der Waals surface area contributed by atoms with E-state index in [-0.39, 0.29) is 5.91 Å². The van der Waals surface area contributed by atoms with Crippen LogP contribution >= 0.6 is 11.3 Å². The molecule has 1 aromatic carbocycles. The van der Waals surface area contributed by atoms with Crippen LogP contribution in [0.15, 0.2) is 36.7 Å². The van der Waals surface area contributed by atoms with Gasteiger partial charge in [-0.2, -0.15) is 0 Å². The summed E-state index contributed by atoms with van der Waals surface area (Å²) in [6.45, 7) is 2.46. The molecule has 0 bridgehead atoms. The van der Waals surface area contributed by atoms with Crippen LogP contribution in [0.5, 0.6) is 0 Å². The first-order chi connectivity index (χ1) is 10.1. The molecule has 0 atom stereocenters. The number of nitrogens with one attached hydrogen (secondary N) is 1. The van der Waals surface area contributed by atoms with Crippen molar-refractivity contribution >= 4 is 32.6 Å². The molecule has 3 aromatic rings. The van der Waals surface area contributed by atoms with Crippen molar-refractivity contribution in [2.75, 3.05) is 5.73 Å². The quantitative estimate of drug-likeness (QED) is 0.778. The number of hydrogen-bond acceptors (Lipinski definition) is 5. The van der Waals surface area contributed by atoms with Crippen LogP contribution in [0.3, 0.4) is 0 Å². The number of anilines is 1. The lowest BCUT2D eigenvalue weighted by atomic mass is 10.1. The monoisotopic (exact) mass is 298 g/mol. The van der Waals surface area contributed by atoms with Crippen LogP contribution in [0.25, 0.3) is 10.2 Å². The van der Waals surface area contributed by atoms with Gasteiger partial charge in [-0.15, -0.1) is 0 Å². The highest BCUT2D eigenvalue weighted by molar-refractivity contribution is 7.22. The van der Waals surface area contributed by atoms with E-state index in [0.717, 1.165) is 21.3 Å². The molecular weight excluding hydrogens is 284 g/mol. The number of carbonyl (C=O) groups excluding carboxylic acids is 1. The van der Waals surface area contributed by atoms with Crippen molar-refractivity contribution in [2.45, 2.75) is 13.5 Å². The van der Waals surface area contributed by atoms with Gasteiger partial charge < -0.3 is 11.1 Å². The number of nitrogens with zero attached hydrogens (tertiary/aromatic N) is 2. The number of benzene rings is 1. The maximum Gasteiger partial charge on any atom is 0.251 e. The molecule has 0 saturated heterocycles. The molecule has 106 valence electrons. The molecule has 2 heterocycles. The number of thiazole rings is 1. The van der Waals surface area contributed by atoms with E-state index in [0.29, 0.717) is 17.2 Å². The van der Waals surface area contributed by atoms with Crippen LogP contribution in [0.1, 0.15) is 21.5 Å². The van der Waals surface area contributed by atoms with Gasteiger partial charge in [0.2, 0.25) is 0 Å². The van der Waals surface area contributed by atoms with E-state index in [2.05, 4.69) is 15.3 Å². The Morgan fingerprint density at radius 3 is 3.05 bits per heavy atom. The largest absolute Gasteiger partial charge is 0.375 e. The number of aryl methyl sites for hydroxylation is 1. The lowest BCUT2D eigenvalue weighted by Crippen LogP contribution is -2.23. The third-order valence-electron chi connectivity index (χ3n) is 3.24. The fourth-order valence-electron chi connectivity index (χ4n) is 2.06. The van der Waals surface area contributed by atoms with Crippen LogP contribution in [0.2, 0.25) is 0 Å². The summed E-state index contributed by atoms with van der Waals surface area (Å²) in [5.41, 5.74) is 9.21. The standard InChI is InChI=1S/C15H14N4OS/c1-9-7-17-5-4-11(9)8-18-14(20)10-2-3-12-13(6-10)21-15(16)19-12/h2-7H,8H2,1H3,(H2,16,19)(H,18,20). The van der Waals surface area contributed by atoms with Gasteiger partial charge in [0, 0.05) is 24.5 Å². The Kier molecular flexibility index (Phi) is 3.53. The molecule has 0 aliphatic carbocycles. The number of rotatable bonds is 3. The second-order valence-corrected chi connectivity index (χ2v) is 5.78. The van der Waals surface area contributed by atoms with Crippen molar-refractivity contribution in [3.63, 3.8) is 0 Å². The summed E-state index contributed by atoms with van der Waals surface area (Å²) >= 11 is 1.38. The second-order valence-electron chi connectivity index (χ2n) is 4.72. The average molecular weight is 298 g/mol. The van der Waals surface area contributed by atoms with E-state index >= 15 is 0 Å². The smallest absolute Gasteiger partial charge is 0.251 e. The number of nitrogen functional groups attached to an aromatic ring is 1. The molecule has 0 unspecified atom stereocenters. The predicted octanol–water partition coefficient (Wildman–Crippen LogP) is 2.51. The Labute approximate surface area is 125 Å². The first kappa shape index (κ1) is 13.5. The molecule has 21 heavy (non-hydrogen) atoms. The van der Waals surface area contributed by atoms with E-state index in [1.165, 1.54) is 11.3 Å². The fourth-order valence-corrected chi connectivity index (χ4v) is 2.84. The number of amides is 1. The van der Waals surface area contributed by atoms with Gasteiger partial charge in [0.15, 0.2) is 5.13 Å². The highest BCUT2D eigenvalue weighted by atomic mass is 32.1. The maximum atomic E-state index is 12.2. The van der Waals surface area contributed by atoms with Gasteiger partial charge in [-0.05, 0) is 42.3 Å². The van der Waals surface area contributed by atoms with E-state index in [4.69, 9.17) is 5.73 Å². The zero-order valence-corrected chi connectivity index (χ0v) is 12.3. The first-order valence-corrected chi connectivity index (χ1v) is 7.29. The molecule has 6 heteroatoms. The van der Waals surface area contributed by atoms with E-state index in [9.17, 15) is 4.79 Å². The van der Waals surface area contributed by atoms with Crippen LogP contribution in [-0.2, 0) is 6.54 Å². The van der Waals surface area contributed by atoms with Crippen molar-refractivity contribution in [3.05, 3.63) is 53.3 Å². The molecule has 0 aliphatic rings. The zero-order chi connectivity index (χ0) is 14.8. The minimum Gasteiger partial charge on any atom is -0.375 e. The minimum atomic E-state index is -0.111. The Morgan fingerprint density at radius 1 is 1.38 bits per heavy atom. The number of aromatic nitrogens is 2. The molecule has 0 aliphatic heterocycles. The highest BCUT2D eigenvalue weighted by Crippen LogP contribution is 2.24. The van der Waals surface area contributed by atoms with Crippen molar-refractivity contribution in [1.82, 2.24) is 15.3 Å². The van der Waals surface area contributed by atoms with Gasteiger partial charge in [-0.25, -0.2) is 4.98 Å². The first-order valence-electron chi connectivity index (χ1n) is 6.47. The van der Waals surface area contributed by atoms with Crippen molar-refractivity contribution < 1.29 is 4.79 Å². The number of fused-ring (bicyclic) bond motifs is 1. The lowest BCUT2D eigenvalue weighted by molar-refractivity contribution is 0.0951. The normalized spacial score (nSPS) is 10.7. The molecular formula is C15H14N4OS. The summed E-state index contributed by atoms with van der Waals surface area (Å²) in [4.78, 5) is 20.4. The molecule has 5 nitrogen and oxygen atoms in total. The SMILES string of the molecule is Cc1cnccc1CNC(=O)c1ccc2nc(N)sc2c1. The van der Waals surface area contributed by atoms with Gasteiger partial charge in [-0.3, -0.25) is 9.78 Å². The lowest BCUT2D eigenvalue weighted by Gasteiger charge is -2.07. The number of pyridine rings is 1. The van der Waals surface area contributed by atoms with Gasteiger partial charge in [0.05, 0.1) is 10.2 Å². The Bertz CT molecular complexity index is 812. The van der Waals surface area contributed by atoms with Gasteiger partial charge >= 0.3 is 0 Å². The molecule has 0 radical (unpaired) electrons. The van der Waals surface area contributed by atoms with Crippen molar-refractivity contribution in [2.24, 2.45) is 0 Å². The Hall–Kier alpha value is -2.47. The van der Waals surface area contributed by atoms with Gasteiger partial charge in [0.1, 0.15) is 0 Å². The Balaban J connectivity index is 1.76. The third kappa shape index (κ3) is 2.85. The van der Waals surface area contributed by atoms with Crippen LogP contribution in [-0.4, -0.2) is 15.9 Å².